The van der Waals surface area contributed by atoms with Crippen LogP contribution in [0.3, 0.4) is 0 Å². The van der Waals surface area contributed by atoms with E-state index in [-0.39, 0.29) is 17.6 Å². The molecule has 0 fully saturated rings. The number of nitro benzene ring substituents is 1. The molecule has 142 valence electrons. The molecule has 0 aromatic heterocycles. The summed E-state index contributed by atoms with van der Waals surface area (Å²) in [6.07, 6.45) is 3.09. The van der Waals surface area contributed by atoms with E-state index in [0.717, 1.165) is 0 Å². The van der Waals surface area contributed by atoms with Gasteiger partial charge in [-0.15, -0.1) is 0 Å². The Bertz CT molecular complexity index is 863. The molecule has 2 aromatic rings. The van der Waals surface area contributed by atoms with Crippen LogP contribution in [0.1, 0.15) is 24.1 Å². The first-order valence-electron chi connectivity index (χ1n) is 8.29. The molecule has 0 N–H and O–H groups in total. The monoisotopic (exact) mass is 370 g/mol. The molecule has 0 heterocycles. The molecule has 0 radical (unpaired) electrons. The minimum atomic E-state index is -0.451. The van der Waals surface area contributed by atoms with Crippen LogP contribution in [0.4, 0.5) is 5.69 Å². The van der Waals surface area contributed by atoms with Crippen LogP contribution < -0.4 is 9.47 Å². The van der Waals surface area contributed by atoms with Crippen molar-refractivity contribution >= 4 is 17.7 Å². The Morgan fingerprint density at radius 1 is 1.19 bits per heavy atom. The summed E-state index contributed by atoms with van der Waals surface area (Å²) in [5, 5.41) is 10.9. The van der Waals surface area contributed by atoms with E-state index in [0.29, 0.717) is 22.6 Å². The Hall–Kier alpha value is -3.35. The van der Waals surface area contributed by atoms with E-state index < -0.39 is 4.92 Å². The van der Waals surface area contributed by atoms with Crippen LogP contribution in [0, 0.1) is 10.1 Å². The number of hydrogen-bond donors (Lipinski definition) is 0. The summed E-state index contributed by atoms with van der Waals surface area (Å²) in [6.45, 7) is 1.82. The van der Waals surface area contributed by atoms with Crippen LogP contribution in [-0.4, -0.2) is 37.0 Å². The molecule has 0 saturated heterocycles. The molecule has 0 spiro atoms. The summed E-state index contributed by atoms with van der Waals surface area (Å²) in [5.41, 5.74) is 1.39. The van der Waals surface area contributed by atoms with Crippen molar-refractivity contribution in [1.82, 2.24) is 4.90 Å². The Labute approximate surface area is 158 Å². The van der Waals surface area contributed by atoms with Crippen molar-refractivity contribution in [2.75, 3.05) is 21.3 Å². The van der Waals surface area contributed by atoms with E-state index in [1.807, 2.05) is 13.0 Å². The number of likely N-dealkylation sites (N-methyl/N-ethyl adjacent to an activating group) is 1. The molecule has 1 unspecified atom stereocenters. The van der Waals surface area contributed by atoms with Crippen molar-refractivity contribution in [3.05, 3.63) is 69.8 Å². The smallest absolute Gasteiger partial charge is 0.269 e. The maximum absolute atomic E-state index is 12.5. The fraction of sp³-hybridized carbons (Fsp3) is 0.250. The number of nitrogens with zero attached hydrogens (tertiary/aromatic N) is 2. The van der Waals surface area contributed by atoms with Crippen LogP contribution in [-0.2, 0) is 4.79 Å². The van der Waals surface area contributed by atoms with Crippen molar-refractivity contribution in [3.8, 4) is 11.5 Å². The third kappa shape index (κ3) is 4.63. The summed E-state index contributed by atoms with van der Waals surface area (Å²) >= 11 is 0. The average Bonchev–Trinajstić information content (AvgIpc) is 2.70. The number of methoxy groups -OCH3 is 2. The lowest BCUT2D eigenvalue weighted by Crippen LogP contribution is -2.28. The van der Waals surface area contributed by atoms with Crippen molar-refractivity contribution < 1.29 is 19.2 Å². The molecule has 1 amide bonds. The Balaban J connectivity index is 2.19. The summed E-state index contributed by atoms with van der Waals surface area (Å²) < 4.78 is 10.6. The topological polar surface area (TPSA) is 81.9 Å². The number of non-ortho nitro benzene ring substituents is 1. The van der Waals surface area contributed by atoms with Crippen LogP contribution in [0.2, 0.25) is 0 Å². The van der Waals surface area contributed by atoms with E-state index in [4.69, 9.17) is 9.47 Å². The quantitative estimate of drug-likeness (QED) is 0.420. The molecule has 27 heavy (non-hydrogen) atoms. The zero-order chi connectivity index (χ0) is 20.0. The number of carbonyl (C=O) groups is 1. The van der Waals surface area contributed by atoms with Gasteiger partial charge >= 0.3 is 0 Å². The standard InChI is InChI=1S/C20H22N2O5/c1-14(16-8-5-9-17(13-16)22(24)25)21(2)19(23)12-11-15-7-6-10-18(26-3)20(15)27-4/h5-14H,1-4H3/b12-11+. The Kier molecular flexibility index (Phi) is 6.54. The van der Waals surface area contributed by atoms with Gasteiger partial charge in [0.1, 0.15) is 0 Å². The number of amides is 1. The van der Waals surface area contributed by atoms with E-state index in [1.54, 1.807) is 44.5 Å². The number of benzene rings is 2. The Morgan fingerprint density at radius 2 is 1.89 bits per heavy atom. The van der Waals surface area contributed by atoms with Crippen molar-refractivity contribution in [1.29, 1.82) is 0 Å². The highest BCUT2D eigenvalue weighted by Gasteiger charge is 2.18. The van der Waals surface area contributed by atoms with Crippen LogP contribution in [0.25, 0.3) is 6.08 Å². The first-order valence-corrected chi connectivity index (χ1v) is 8.29. The number of nitro groups is 1. The highest BCUT2D eigenvalue weighted by atomic mass is 16.6. The molecular formula is C20H22N2O5. The second-order valence-electron chi connectivity index (χ2n) is 5.89. The maximum Gasteiger partial charge on any atom is 0.269 e. The fourth-order valence-corrected chi connectivity index (χ4v) is 2.63. The summed E-state index contributed by atoms with van der Waals surface area (Å²) in [7, 11) is 4.73. The first kappa shape index (κ1) is 20.0. The molecule has 2 rings (SSSR count). The number of hydrogen-bond acceptors (Lipinski definition) is 5. The predicted molar refractivity (Wildman–Crippen MR) is 103 cm³/mol. The summed E-state index contributed by atoms with van der Waals surface area (Å²) in [5.74, 6) is 0.878. The van der Waals surface area contributed by atoms with Crippen LogP contribution in [0.5, 0.6) is 11.5 Å². The predicted octanol–water partition coefficient (Wildman–Crippen LogP) is 3.84. The van der Waals surface area contributed by atoms with Gasteiger partial charge in [-0.25, -0.2) is 0 Å². The van der Waals surface area contributed by atoms with Gasteiger partial charge in [0.15, 0.2) is 11.5 Å². The van der Waals surface area contributed by atoms with E-state index in [2.05, 4.69) is 0 Å². The lowest BCUT2D eigenvalue weighted by Gasteiger charge is -2.24. The normalized spacial score (nSPS) is 11.9. The molecule has 1 atom stereocenters. The van der Waals surface area contributed by atoms with Gasteiger partial charge in [0.25, 0.3) is 5.69 Å². The van der Waals surface area contributed by atoms with Crippen LogP contribution >= 0.6 is 0 Å². The molecule has 0 aliphatic carbocycles. The van der Waals surface area contributed by atoms with Crippen molar-refractivity contribution in [2.45, 2.75) is 13.0 Å². The van der Waals surface area contributed by atoms with E-state index in [9.17, 15) is 14.9 Å². The molecule has 0 aliphatic heterocycles. The van der Waals surface area contributed by atoms with Gasteiger partial charge in [0, 0.05) is 30.8 Å². The summed E-state index contributed by atoms with van der Waals surface area (Å²) in [6, 6.07) is 11.3. The van der Waals surface area contributed by atoms with Gasteiger partial charge in [-0.2, -0.15) is 0 Å². The largest absolute Gasteiger partial charge is 0.493 e. The molecule has 2 aromatic carbocycles. The minimum absolute atomic E-state index is 0.00291. The lowest BCUT2D eigenvalue weighted by atomic mass is 10.1. The SMILES string of the molecule is COc1cccc(/C=C/C(=O)N(C)C(C)c2cccc([N+](=O)[O-])c2)c1OC. The fourth-order valence-electron chi connectivity index (χ4n) is 2.63. The average molecular weight is 370 g/mol. The van der Waals surface area contributed by atoms with Crippen molar-refractivity contribution in [2.24, 2.45) is 0 Å². The number of rotatable bonds is 7. The summed E-state index contributed by atoms with van der Waals surface area (Å²) in [4.78, 5) is 24.5. The zero-order valence-electron chi connectivity index (χ0n) is 15.7. The molecular weight excluding hydrogens is 348 g/mol. The van der Waals surface area contributed by atoms with Gasteiger partial charge in [0.05, 0.1) is 25.2 Å². The lowest BCUT2D eigenvalue weighted by molar-refractivity contribution is -0.384. The van der Waals surface area contributed by atoms with Gasteiger partial charge < -0.3 is 14.4 Å². The van der Waals surface area contributed by atoms with Gasteiger partial charge in [-0.05, 0) is 24.6 Å². The number of para-hydroxylation sites is 1. The second kappa shape index (κ2) is 8.84. The first-order chi connectivity index (χ1) is 12.9. The second-order valence-corrected chi connectivity index (χ2v) is 5.89. The van der Waals surface area contributed by atoms with E-state index in [1.165, 1.54) is 30.2 Å². The minimum Gasteiger partial charge on any atom is -0.493 e. The highest BCUT2D eigenvalue weighted by molar-refractivity contribution is 5.92. The molecule has 0 bridgehead atoms. The van der Waals surface area contributed by atoms with E-state index >= 15 is 0 Å². The highest BCUT2D eigenvalue weighted by Crippen LogP contribution is 2.31. The molecule has 7 heteroatoms. The third-order valence-corrected chi connectivity index (χ3v) is 4.33. The molecule has 0 saturated carbocycles. The third-order valence-electron chi connectivity index (χ3n) is 4.33. The van der Waals surface area contributed by atoms with Gasteiger partial charge in [0.2, 0.25) is 5.91 Å². The maximum atomic E-state index is 12.5. The Morgan fingerprint density at radius 3 is 2.52 bits per heavy atom. The van der Waals surface area contributed by atoms with Crippen LogP contribution in [0.15, 0.2) is 48.5 Å². The van der Waals surface area contributed by atoms with Gasteiger partial charge in [-0.1, -0.05) is 24.3 Å². The zero-order valence-corrected chi connectivity index (χ0v) is 15.7. The number of ether oxygens (including phenoxy) is 2. The van der Waals surface area contributed by atoms with Crippen molar-refractivity contribution in [3.63, 3.8) is 0 Å². The number of carbonyl (C=O) groups excluding carboxylic acids is 1. The van der Waals surface area contributed by atoms with Gasteiger partial charge in [-0.3, -0.25) is 14.9 Å². The molecule has 7 nitrogen and oxygen atoms in total. The molecule has 0 aliphatic rings.